The first kappa shape index (κ1) is 13.1. The number of aliphatic hydroxyl groups is 1. The summed E-state index contributed by atoms with van der Waals surface area (Å²) in [6.07, 6.45) is 1.22. The number of halogens is 2. The Kier molecular flexibility index (Phi) is 3.73. The van der Waals surface area contributed by atoms with Gasteiger partial charge in [0.25, 0.3) is 6.43 Å². The Bertz CT molecular complexity index is 414. The Balaban J connectivity index is 1.87. The molecule has 98 valence electrons. The van der Waals surface area contributed by atoms with Crippen LogP contribution >= 0.6 is 0 Å². The van der Waals surface area contributed by atoms with Crippen LogP contribution < -0.4 is 0 Å². The Hall–Kier alpha value is -1.33. The van der Waals surface area contributed by atoms with Crippen LogP contribution in [0.4, 0.5) is 8.78 Å². The number of β-amino-alcohol motifs (C(OH)–C–C–N with tert-alkyl or cyclic N) is 1. The van der Waals surface area contributed by atoms with E-state index in [9.17, 15) is 13.9 Å². The molecule has 0 unspecified atom stereocenters. The molecule has 1 saturated heterocycles. The summed E-state index contributed by atoms with van der Waals surface area (Å²) in [7, 11) is 0. The molecule has 1 fully saturated rings. The highest BCUT2D eigenvalue weighted by Gasteiger charge is 2.39. The molecule has 1 N–H and O–H groups in total. The highest BCUT2D eigenvalue weighted by atomic mass is 19.3. The molecule has 1 aromatic heterocycles. The summed E-state index contributed by atoms with van der Waals surface area (Å²) in [6, 6.07) is 3.00. The molecule has 0 radical (unpaired) electrons. The third kappa shape index (κ3) is 2.91. The molecule has 3 nitrogen and oxygen atoms in total. The quantitative estimate of drug-likeness (QED) is 0.818. The van der Waals surface area contributed by atoms with Crippen LogP contribution in [0.1, 0.15) is 24.1 Å². The summed E-state index contributed by atoms with van der Waals surface area (Å²) in [5.41, 5.74) is 0.00327. The zero-order chi connectivity index (χ0) is 13.2. The Morgan fingerprint density at radius 3 is 2.72 bits per heavy atom. The van der Waals surface area contributed by atoms with Gasteiger partial charge in [-0.05, 0) is 18.1 Å². The van der Waals surface area contributed by atoms with Gasteiger partial charge in [-0.15, -0.1) is 6.58 Å². The summed E-state index contributed by atoms with van der Waals surface area (Å²) in [5.74, 6) is 0. The first-order valence-electron chi connectivity index (χ1n) is 5.81. The molecular weight excluding hydrogens is 238 g/mol. The predicted octanol–water partition coefficient (Wildman–Crippen LogP) is 2.14. The molecule has 2 rings (SSSR count). The summed E-state index contributed by atoms with van der Waals surface area (Å²) in [6.45, 7) is 5.38. The number of alkyl halides is 2. The molecule has 18 heavy (non-hydrogen) atoms. The Morgan fingerprint density at radius 2 is 2.22 bits per heavy atom. The van der Waals surface area contributed by atoms with Gasteiger partial charge in [-0.25, -0.2) is 8.78 Å². The second kappa shape index (κ2) is 5.12. The van der Waals surface area contributed by atoms with Crippen molar-refractivity contribution in [1.29, 1.82) is 0 Å². The molecule has 2 heterocycles. The third-order valence-corrected chi connectivity index (χ3v) is 3.04. The zero-order valence-electron chi connectivity index (χ0n) is 10.0. The molecule has 0 bridgehead atoms. The molecule has 1 aromatic rings. The average Bonchev–Trinajstić information content (AvgIpc) is 2.28. The lowest BCUT2D eigenvalue weighted by Gasteiger charge is -2.46. The van der Waals surface area contributed by atoms with E-state index in [2.05, 4.69) is 11.6 Å². The zero-order valence-corrected chi connectivity index (χ0v) is 10.0. The van der Waals surface area contributed by atoms with E-state index in [1.165, 1.54) is 12.3 Å². The van der Waals surface area contributed by atoms with E-state index in [4.69, 9.17) is 0 Å². The molecule has 0 amide bonds. The Morgan fingerprint density at radius 1 is 1.50 bits per heavy atom. The van der Waals surface area contributed by atoms with Crippen molar-refractivity contribution in [1.82, 2.24) is 9.88 Å². The number of likely N-dealkylation sites (tertiary alicyclic amines) is 1. The maximum absolute atomic E-state index is 12.3. The lowest BCUT2D eigenvalue weighted by molar-refractivity contribution is -0.0986. The number of rotatable bonds is 5. The average molecular weight is 254 g/mol. The fourth-order valence-electron chi connectivity index (χ4n) is 2.21. The van der Waals surface area contributed by atoms with Gasteiger partial charge < -0.3 is 5.11 Å². The van der Waals surface area contributed by atoms with Gasteiger partial charge in [0.05, 0.1) is 5.60 Å². The third-order valence-electron chi connectivity index (χ3n) is 3.04. The minimum atomic E-state index is -2.53. The van der Waals surface area contributed by atoms with Gasteiger partial charge in [0.1, 0.15) is 5.69 Å². The molecule has 0 atom stereocenters. The number of aromatic nitrogens is 1. The van der Waals surface area contributed by atoms with Crippen LogP contribution in [0.25, 0.3) is 0 Å². The van der Waals surface area contributed by atoms with Gasteiger partial charge in [-0.3, -0.25) is 9.88 Å². The smallest absolute Gasteiger partial charge is 0.280 e. The summed E-state index contributed by atoms with van der Waals surface area (Å²) in [4.78, 5) is 5.75. The van der Waals surface area contributed by atoms with Gasteiger partial charge in [0, 0.05) is 25.8 Å². The highest BCUT2D eigenvalue weighted by Crippen LogP contribution is 2.26. The van der Waals surface area contributed by atoms with Crippen LogP contribution in [0, 0.1) is 0 Å². The van der Waals surface area contributed by atoms with E-state index in [-0.39, 0.29) is 5.69 Å². The van der Waals surface area contributed by atoms with Crippen LogP contribution in [0.15, 0.2) is 31.0 Å². The standard InChI is InChI=1S/C13H16F2N2O/c1-2-5-13(18)8-17(9-13)7-10-3-4-11(12(14)15)16-6-10/h2-4,6,12,18H,1,5,7-9H2. The van der Waals surface area contributed by atoms with Crippen molar-refractivity contribution >= 4 is 0 Å². The number of pyridine rings is 1. The molecule has 0 saturated carbocycles. The lowest BCUT2D eigenvalue weighted by atomic mass is 9.90. The van der Waals surface area contributed by atoms with Gasteiger partial charge in [-0.2, -0.15) is 0 Å². The minimum Gasteiger partial charge on any atom is -0.387 e. The van der Waals surface area contributed by atoms with Gasteiger partial charge in [0.15, 0.2) is 0 Å². The van der Waals surface area contributed by atoms with E-state index in [1.54, 1.807) is 12.1 Å². The van der Waals surface area contributed by atoms with Crippen molar-refractivity contribution in [2.45, 2.75) is 25.0 Å². The maximum Gasteiger partial charge on any atom is 0.280 e. The van der Waals surface area contributed by atoms with Crippen molar-refractivity contribution in [2.24, 2.45) is 0 Å². The second-order valence-electron chi connectivity index (χ2n) is 4.75. The second-order valence-corrected chi connectivity index (χ2v) is 4.75. The molecular formula is C13H16F2N2O. The van der Waals surface area contributed by atoms with Crippen LogP contribution in [-0.2, 0) is 6.54 Å². The number of nitrogens with zero attached hydrogens (tertiary/aromatic N) is 2. The van der Waals surface area contributed by atoms with E-state index in [0.717, 1.165) is 5.56 Å². The predicted molar refractivity (Wildman–Crippen MR) is 64.2 cm³/mol. The molecule has 0 aliphatic carbocycles. The molecule has 1 aliphatic heterocycles. The van der Waals surface area contributed by atoms with Crippen LogP contribution in [0.2, 0.25) is 0 Å². The SMILES string of the molecule is C=CCC1(O)CN(Cc2ccc(C(F)F)nc2)C1. The van der Waals surface area contributed by atoms with E-state index >= 15 is 0 Å². The monoisotopic (exact) mass is 254 g/mol. The fourth-order valence-corrected chi connectivity index (χ4v) is 2.21. The first-order chi connectivity index (χ1) is 8.52. The van der Waals surface area contributed by atoms with Crippen LogP contribution in [0.3, 0.4) is 0 Å². The van der Waals surface area contributed by atoms with E-state index < -0.39 is 12.0 Å². The van der Waals surface area contributed by atoms with Crippen LogP contribution in [-0.4, -0.2) is 33.7 Å². The highest BCUT2D eigenvalue weighted by molar-refractivity contribution is 5.16. The summed E-state index contributed by atoms with van der Waals surface area (Å²) >= 11 is 0. The number of hydrogen-bond acceptors (Lipinski definition) is 3. The van der Waals surface area contributed by atoms with Crippen molar-refractivity contribution < 1.29 is 13.9 Å². The van der Waals surface area contributed by atoms with E-state index in [0.29, 0.717) is 26.1 Å². The summed E-state index contributed by atoms with van der Waals surface area (Å²) in [5, 5.41) is 9.95. The molecule has 0 spiro atoms. The van der Waals surface area contributed by atoms with Crippen LogP contribution in [0.5, 0.6) is 0 Å². The normalized spacial score (nSPS) is 18.7. The van der Waals surface area contributed by atoms with Gasteiger partial charge >= 0.3 is 0 Å². The van der Waals surface area contributed by atoms with E-state index in [1.807, 2.05) is 4.90 Å². The van der Waals surface area contributed by atoms with Gasteiger partial charge in [0.2, 0.25) is 0 Å². The van der Waals surface area contributed by atoms with Crippen molar-refractivity contribution in [3.63, 3.8) is 0 Å². The Labute approximate surface area is 105 Å². The van der Waals surface area contributed by atoms with Crippen molar-refractivity contribution in [3.8, 4) is 0 Å². The van der Waals surface area contributed by atoms with Crippen molar-refractivity contribution in [3.05, 3.63) is 42.2 Å². The first-order valence-corrected chi connectivity index (χ1v) is 5.81. The lowest BCUT2D eigenvalue weighted by Crippen LogP contribution is -2.60. The molecule has 0 aromatic carbocycles. The number of hydrogen-bond donors (Lipinski definition) is 1. The summed E-state index contributed by atoms with van der Waals surface area (Å²) < 4.78 is 24.6. The fraction of sp³-hybridized carbons (Fsp3) is 0.462. The molecule has 5 heteroatoms. The maximum atomic E-state index is 12.3. The minimum absolute atomic E-state index is 0.203. The van der Waals surface area contributed by atoms with Crippen molar-refractivity contribution in [2.75, 3.05) is 13.1 Å². The van der Waals surface area contributed by atoms with Gasteiger partial charge in [-0.1, -0.05) is 12.1 Å². The molecule has 1 aliphatic rings. The topological polar surface area (TPSA) is 36.4 Å². The largest absolute Gasteiger partial charge is 0.387 e.